The lowest BCUT2D eigenvalue weighted by molar-refractivity contribution is 0.397. The molecule has 1 rings (SSSR count). The van der Waals surface area contributed by atoms with Crippen LogP contribution in [0.15, 0.2) is 22.7 Å². The van der Waals surface area contributed by atoms with Gasteiger partial charge in [0.25, 0.3) is 0 Å². The van der Waals surface area contributed by atoms with Gasteiger partial charge in [0, 0.05) is 10.2 Å². The lowest BCUT2D eigenvalue weighted by Gasteiger charge is -2.18. The van der Waals surface area contributed by atoms with Crippen LogP contribution in [0.4, 0.5) is 5.69 Å². The smallest absolute Gasteiger partial charge is 0.232 e. The second-order valence-corrected chi connectivity index (χ2v) is 8.51. The van der Waals surface area contributed by atoms with Crippen molar-refractivity contribution in [1.82, 2.24) is 0 Å². The molecule has 0 radical (unpaired) electrons. The molecule has 0 saturated carbocycles. The number of hydrogen-bond acceptors (Lipinski definition) is 2. The molecule has 18 heavy (non-hydrogen) atoms. The molecule has 0 unspecified atom stereocenters. The quantitative estimate of drug-likeness (QED) is 0.907. The van der Waals surface area contributed by atoms with Crippen LogP contribution in [0, 0.1) is 12.3 Å². The Kier molecular flexibility index (Phi) is 4.84. The van der Waals surface area contributed by atoms with Gasteiger partial charge in [0.2, 0.25) is 10.0 Å². The lowest BCUT2D eigenvalue weighted by atomic mass is 9.94. The van der Waals surface area contributed by atoms with Gasteiger partial charge in [0.1, 0.15) is 0 Å². The Morgan fingerprint density at radius 1 is 1.22 bits per heavy atom. The number of sulfonamides is 1. The number of nitrogens with one attached hydrogen (secondary N) is 1. The van der Waals surface area contributed by atoms with Gasteiger partial charge in [-0.1, -0.05) is 36.7 Å². The van der Waals surface area contributed by atoms with E-state index in [-0.39, 0.29) is 11.2 Å². The third kappa shape index (κ3) is 5.87. The molecular weight excluding hydrogens is 314 g/mol. The molecule has 0 aliphatic heterocycles. The SMILES string of the molecule is Cc1cc(Br)cc(NS(=O)(=O)CCC(C)(C)C)c1. The van der Waals surface area contributed by atoms with Gasteiger partial charge in [-0.2, -0.15) is 0 Å². The molecule has 1 N–H and O–H groups in total. The van der Waals surface area contributed by atoms with E-state index in [4.69, 9.17) is 0 Å². The minimum absolute atomic E-state index is 0.0158. The molecule has 1 aromatic rings. The van der Waals surface area contributed by atoms with E-state index in [1.54, 1.807) is 6.07 Å². The Labute approximate surface area is 118 Å². The highest BCUT2D eigenvalue weighted by Gasteiger charge is 2.17. The van der Waals surface area contributed by atoms with Crippen molar-refractivity contribution < 1.29 is 8.42 Å². The van der Waals surface area contributed by atoms with Crippen LogP contribution in [0.5, 0.6) is 0 Å². The molecule has 1 aromatic carbocycles. The minimum Gasteiger partial charge on any atom is -0.284 e. The first-order valence-electron chi connectivity index (χ1n) is 5.85. The molecule has 0 aliphatic carbocycles. The van der Waals surface area contributed by atoms with Crippen LogP contribution < -0.4 is 4.72 Å². The molecule has 3 nitrogen and oxygen atoms in total. The molecule has 0 heterocycles. The zero-order valence-electron chi connectivity index (χ0n) is 11.2. The first-order valence-corrected chi connectivity index (χ1v) is 8.30. The summed E-state index contributed by atoms with van der Waals surface area (Å²) >= 11 is 3.36. The van der Waals surface area contributed by atoms with Gasteiger partial charge in [0.05, 0.1) is 5.75 Å². The van der Waals surface area contributed by atoms with E-state index in [1.807, 2.05) is 39.8 Å². The highest BCUT2D eigenvalue weighted by atomic mass is 79.9. The van der Waals surface area contributed by atoms with E-state index in [2.05, 4.69) is 20.7 Å². The van der Waals surface area contributed by atoms with Crippen molar-refractivity contribution in [2.45, 2.75) is 34.1 Å². The Bertz CT molecular complexity index is 498. The van der Waals surface area contributed by atoms with Gasteiger partial charge < -0.3 is 0 Å². The highest BCUT2D eigenvalue weighted by molar-refractivity contribution is 9.10. The van der Waals surface area contributed by atoms with E-state index in [0.717, 1.165) is 10.0 Å². The van der Waals surface area contributed by atoms with E-state index in [1.165, 1.54) is 0 Å². The third-order valence-corrected chi connectivity index (χ3v) is 4.18. The molecule has 0 bridgehead atoms. The summed E-state index contributed by atoms with van der Waals surface area (Å²) in [7, 11) is -3.27. The van der Waals surface area contributed by atoms with Crippen molar-refractivity contribution in [1.29, 1.82) is 0 Å². The average Bonchev–Trinajstić information content (AvgIpc) is 2.11. The maximum Gasteiger partial charge on any atom is 0.232 e. The van der Waals surface area contributed by atoms with Crippen molar-refractivity contribution >= 4 is 31.6 Å². The summed E-state index contributed by atoms with van der Waals surface area (Å²) in [4.78, 5) is 0. The summed E-state index contributed by atoms with van der Waals surface area (Å²) in [5, 5.41) is 0. The predicted octanol–water partition coefficient (Wildman–Crippen LogP) is 3.94. The fourth-order valence-electron chi connectivity index (χ4n) is 1.47. The zero-order chi connectivity index (χ0) is 14.0. The van der Waals surface area contributed by atoms with Gasteiger partial charge in [-0.25, -0.2) is 8.42 Å². The maximum absolute atomic E-state index is 11.9. The summed E-state index contributed by atoms with van der Waals surface area (Å²) in [6, 6.07) is 5.52. The van der Waals surface area contributed by atoms with E-state index < -0.39 is 10.0 Å². The average molecular weight is 334 g/mol. The van der Waals surface area contributed by atoms with E-state index in [9.17, 15) is 8.42 Å². The van der Waals surface area contributed by atoms with Crippen LogP contribution in [0.25, 0.3) is 0 Å². The van der Waals surface area contributed by atoms with Crippen molar-refractivity contribution in [3.63, 3.8) is 0 Å². The Morgan fingerprint density at radius 3 is 2.33 bits per heavy atom. The van der Waals surface area contributed by atoms with Crippen LogP contribution in [0.1, 0.15) is 32.8 Å². The number of hydrogen-bond donors (Lipinski definition) is 1. The third-order valence-electron chi connectivity index (χ3n) is 2.44. The number of aryl methyl sites for hydroxylation is 1. The van der Waals surface area contributed by atoms with Crippen molar-refractivity contribution in [2.75, 3.05) is 10.5 Å². The standard InChI is InChI=1S/C13H20BrNO2S/c1-10-7-11(14)9-12(8-10)15-18(16,17)6-5-13(2,3)4/h7-9,15H,5-6H2,1-4H3. The summed E-state index contributed by atoms with van der Waals surface area (Å²) in [5.74, 6) is 0.141. The molecule has 0 spiro atoms. The lowest BCUT2D eigenvalue weighted by Crippen LogP contribution is -2.20. The molecule has 0 aromatic heterocycles. The van der Waals surface area contributed by atoms with Crippen LogP contribution in [0.2, 0.25) is 0 Å². The summed E-state index contributed by atoms with van der Waals surface area (Å²) < 4.78 is 27.4. The predicted molar refractivity (Wildman–Crippen MR) is 80.4 cm³/mol. The topological polar surface area (TPSA) is 46.2 Å². The van der Waals surface area contributed by atoms with Gasteiger partial charge >= 0.3 is 0 Å². The Morgan fingerprint density at radius 2 is 1.83 bits per heavy atom. The van der Waals surface area contributed by atoms with Crippen molar-refractivity contribution in [3.8, 4) is 0 Å². The highest BCUT2D eigenvalue weighted by Crippen LogP contribution is 2.22. The second-order valence-electron chi connectivity index (χ2n) is 5.75. The normalized spacial score (nSPS) is 12.5. The van der Waals surface area contributed by atoms with Crippen LogP contribution in [-0.2, 0) is 10.0 Å². The van der Waals surface area contributed by atoms with E-state index in [0.29, 0.717) is 12.1 Å². The molecule has 0 atom stereocenters. The second kappa shape index (κ2) is 5.61. The first kappa shape index (κ1) is 15.5. The number of halogens is 1. The van der Waals surface area contributed by atoms with Crippen LogP contribution in [0.3, 0.4) is 0 Å². The van der Waals surface area contributed by atoms with Crippen molar-refractivity contribution in [2.24, 2.45) is 5.41 Å². The molecule has 0 saturated heterocycles. The number of anilines is 1. The van der Waals surface area contributed by atoms with Gasteiger partial charge in [-0.3, -0.25) is 4.72 Å². The minimum atomic E-state index is -3.27. The van der Waals surface area contributed by atoms with Gasteiger partial charge in [-0.05, 0) is 42.5 Å². The molecule has 102 valence electrons. The summed E-state index contributed by atoms with van der Waals surface area (Å²) in [6.07, 6.45) is 0.634. The van der Waals surface area contributed by atoms with Crippen LogP contribution in [-0.4, -0.2) is 14.2 Å². The maximum atomic E-state index is 11.9. The van der Waals surface area contributed by atoms with Gasteiger partial charge in [-0.15, -0.1) is 0 Å². The molecule has 0 aliphatic rings. The molecular formula is C13H20BrNO2S. The largest absolute Gasteiger partial charge is 0.284 e. The molecule has 0 fully saturated rings. The molecule has 0 amide bonds. The Hall–Kier alpha value is -0.550. The Balaban J connectivity index is 2.76. The van der Waals surface area contributed by atoms with Crippen LogP contribution >= 0.6 is 15.9 Å². The monoisotopic (exact) mass is 333 g/mol. The first-order chi connectivity index (χ1) is 8.07. The molecule has 5 heteroatoms. The summed E-state index contributed by atoms with van der Waals surface area (Å²) in [6.45, 7) is 8.03. The van der Waals surface area contributed by atoms with E-state index >= 15 is 0 Å². The number of rotatable bonds is 4. The fourth-order valence-corrected chi connectivity index (χ4v) is 3.53. The number of benzene rings is 1. The fraction of sp³-hybridized carbons (Fsp3) is 0.538. The van der Waals surface area contributed by atoms with Crippen molar-refractivity contribution in [3.05, 3.63) is 28.2 Å². The summed E-state index contributed by atoms with van der Waals surface area (Å²) in [5.41, 5.74) is 1.63. The zero-order valence-corrected chi connectivity index (χ0v) is 13.7. The van der Waals surface area contributed by atoms with Gasteiger partial charge in [0.15, 0.2) is 0 Å².